The molecule has 0 aliphatic heterocycles. The van der Waals surface area contributed by atoms with E-state index < -0.39 is 0 Å². The lowest BCUT2D eigenvalue weighted by atomic mass is 9.83. The number of nitrogens with two attached hydrogens (primary N) is 1. The van der Waals surface area contributed by atoms with Gasteiger partial charge in [0.15, 0.2) is 0 Å². The first kappa shape index (κ1) is 19.5. The zero-order valence-corrected chi connectivity index (χ0v) is 11.8. The van der Waals surface area contributed by atoms with Crippen LogP contribution in [0.5, 0.6) is 0 Å². The second-order valence-corrected chi connectivity index (χ2v) is 4.09. The molecule has 1 unspecified atom stereocenters. The first-order chi connectivity index (χ1) is 6.52. The molecule has 0 bridgehead atoms. The smallest absolute Gasteiger partial charge is 0.00257 e. The fourth-order valence-electron chi connectivity index (χ4n) is 1.17. The van der Waals surface area contributed by atoms with Crippen molar-refractivity contribution in [2.24, 2.45) is 17.1 Å². The van der Waals surface area contributed by atoms with Crippen molar-refractivity contribution < 1.29 is 0 Å². The molecule has 0 radical (unpaired) electrons. The van der Waals surface area contributed by atoms with Gasteiger partial charge in [0.25, 0.3) is 0 Å². The molecule has 90 valence electrons. The summed E-state index contributed by atoms with van der Waals surface area (Å²) in [6, 6.07) is 0. The summed E-state index contributed by atoms with van der Waals surface area (Å²) < 4.78 is 0. The Balaban J connectivity index is -0.000000266. The van der Waals surface area contributed by atoms with Crippen molar-refractivity contribution in [2.75, 3.05) is 6.54 Å². The molecule has 1 nitrogen and oxygen atoms in total. The summed E-state index contributed by atoms with van der Waals surface area (Å²) in [4.78, 5) is 0. The van der Waals surface area contributed by atoms with Gasteiger partial charge in [-0.2, -0.15) is 0 Å². The molecule has 0 heterocycles. The zero-order chi connectivity index (χ0) is 12.2. The minimum atomic E-state index is 0.343. The van der Waals surface area contributed by atoms with Crippen LogP contribution in [0.4, 0.5) is 0 Å². The van der Waals surface area contributed by atoms with E-state index in [0.29, 0.717) is 5.41 Å². The van der Waals surface area contributed by atoms with Gasteiger partial charge in [-0.3, -0.25) is 0 Å². The molecule has 1 atom stereocenters. The third-order valence-corrected chi connectivity index (χ3v) is 2.15. The summed E-state index contributed by atoms with van der Waals surface area (Å²) in [5, 5.41) is 0. The quantitative estimate of drug-likeness (QED) is 0.717. The van der Waals surface area contributed by atoms with Gasteiger partial charge >= 0.3 is 0 Å². The zero-order valence-electron chi connectivity index (χ0n) is 11.8. The summed E-state index contributed by atoms with van der Waals surface area (Å²) >= 11 is 0. The Morgan fingerprint density at radius 2 is 1.43 bits per heavy atom. The third kappa shape index (κ3) is 14.5. The van der Waals surface area contributed by atoms with E-state index in [1.165, 1.54) is 12.8 Å². The van der Waals surface area contributed by atoms with E-state index in [9.17, 15) is 0 Å². The van der Waals surface area contributed by atoms with Crippen molar-refractivity contribution in [2.45, 2.75) is 68.2 Å². The molecule has 0 aliphatic carbocycles. The molecule has 0 amide bonds. The minimum Gasteiger partial charge on any atom is -0.330 e. The third-order valence-electron chi connectivity index (χ3n) is 2.15. The first-order valence-corrected chi connectivity index (χ1v) is 6.22. The van der Waals surface area contributed by atoms with E-state index in [-0.39, 0.29) is 0 Å². The standard InChI is InChI=1S/C9H21N.2C2H6/c1-5-8(2)6-9(3,4)7-10;2*1-2/h8H,5-7,10H2,1-4H3;2*1-2H3. The maximum absolute atomic E-state index is 5.61. The van der Waals surface area contributed by atoms with Crippen molar-refractivity contribution >= 4 is 0 Å². The topological polar surface area (TPSA) is 26.0 Å². The lowest BCUT2D eigenvalue weighted by Gasteiger charge is -2.25. The predicted octanol–water partition coefficient (Wildman–Crippen LogP) is 4.46. The van der Waals surface area contributed by atoms with Crippen LogP contribution in [0.25, 0.3) is 0 Å². The molecular formula is C13H33N. The van der Waals surface area contributed by atoms with Gasteiger partial charge in [-0.1, -0.05) is 61.8 Å². The van der Waals surface area contributed by atoms with E-state index >= 15 is 0 Å². The predicted molar refractivity (Wildman–Crippen MR) is 69.6 cm³/mol. The highest BCUT2D eigenvalue weighted by Gasteiger charge is 2.17. The molecule has 0 saturated heterocycles. The second-order valence-electron chi connectivity index (χ2n) is 4.09. The Kier molecular flexibility index (Phi) is 18.1. The van der Waals surface area contributed by atoms with Gasteiger partial charge in [-0.15, -0.1) is 0 Å². The van der Waals surface area contributed by atoms with Crippen LogP contribution in [0, 0.1) is 11.3 Å². The van der Waals surface area contributed by atoms with Crippen molar-refractivity contribution in [1.82, 2.24) is 0 Å². The maximum Gasteiger partial charge on any atom is -0.00257 e. The Labute approximate surface area is 92.5 Å². The molecule has 0 saturated carbocycles. The van der Waals surface area contributed by atoms with Crippen molar-refractivity contribution in [1.29, 1.82) is 0 Å². The Morgan fingerprint density at radius 3 is 1.64 bits per heavy atom. The molecule has 0 aromatic rings. The van der Waals surface area contributed by atoms with Gasteiger partial charge in [0.2, 0.25) is 0 Å². The molecule has 14 heavy (non-hydrogen) atoms. The fraction of sp³-hybridized carbons (Fsp3) is 1.00. The molecule has 0 rings (SSSR count). The van der Waals surface area contributed by atoms with Crippen LogP contribution >= 0.6 is 0 Å². The summed E-state index contributed by atoms with van der Waals surface area (Å²) in [5.74, 6) is 0.818. The molecule has 0 fully saturated rings. The van der Waals surface area contributed by atoms with Gasteiger partial charge in [0.1, 0.15) is 0 Å². The van der Waals surface area contributed by atoms with Gasteiger partial charge in [-0.05, 0) is 24.3 Å². The highest BCUT2D eigenvalue weighted by Crippen LogP contribution is 2.24. The molecule has 0 aromatic heterocycles. The maximum atomic E-state index is 5.61. The monoisotopic (exact) mass is 203 g/mol. The first-order valence-electron chi connectivity index (χ1n) is 6.22. The van der Waals surface area contributed by atoms with E-state index in [0.717, 1.165) is 12.5 Å². The molecule has 2 N–H and O–H groups in total. The summed E-state index contributed by atoms with van der Waals surface area (Å²) in [5.41, 5.74) is 5.95. The Morgan fingerprint density at radius 1 is 1.07 bits per heavy atom. The fourth-order valence-corrected chi connectivity index (χ4v) is 1.17. The molecule has 0 spiro atoms. The van der Waals surface area contributed by atoms with E-state index in [4.69, 9.17) is 5.73 Å². The average Bonchev–Trinajstić information content (AvgIpc) is 2.23. The molecule has 1 heteroatoms. The Bertz CT molecular complexity index is 87.2. The van der Waals surface area contributed by atoms with Crippen molar-refractivity contribution in [3.05, 3.63) is 0 Å². The van der Waals surface area contributed by atoms with Gasteiger partial charge in [-0.25, -0.2) is 0 Å². The number of hydrogen-bond donors (Lipinski definition) is 1. The van der Waals surface area contributed by atoms with Crippen LogP contribution in [0.15, 0.2) is 0 Å². The van der Waals surface area contributed by atoms with Crippen LogP contribution in [0.1, 0.15) is 68.2 Å². The van der Waals surface area contributed by atoms with Gasteiger partial charge < -0.3 is 5.73 Å². The highest BCUT2D eigenvalue weighted by atomic mass is 14.6. The van der Waals surface area contributed by atoms with Crippen LogP contribution in [-0.2, 0) is 0 Å². The lowest BCUT2D eigenvalue weighted by Crippen LogP contribution is -2.25. The van der Waals surface area contributed by atoms with Crippen LogP contribution < -0.4 is 5.73 Å². The second kappa shape index (κ2) is 13.0. The van der Waals surface area contributed by atoms with Crippen LogP contribution in [0.2, 0.25) is 0 Å². The van der Waals surface area contributed by atoms with E-state index in [1.54, 1.807) is 0 Å². The van der Waals surface area contributed by atoms with Crippen LogP contribution in [0.3, 0.4) is 0 Å². The van der Waals surface area contributed by atoms with Crippen LogP contribution in [-0.4, -0.2) is 6.54 Å². The van der Waals surface area contributed by atoms with E-state index in [1.807, 2.05) is 27.7 Å². The van der Waals surface area contributed by atoms with Gasteiger partial charge in [0, 0.05) is 0 Å². The Hall–Kier alpha value is -0.0400. The number of hydrogen-bond acceptors (Lipinski definition) is 1. The lowest BCUT2D eigenvalue weighted by molar-refractivity contribution is 0.282. The van der Waals surface area contributed by atoms with Crippen molar-refractivity contribution in [3.8, 4) is 0 Å². The molecule has 0 aromatic carbocycles. The largest absolute Gasteiger partial charge is 0.330 e. The summed E-state index contributed by atoms with van der Waals surface area (Å²) in [7, 11) is 0. The number of rotatable bonds is 4. The molecular weight excluding hydrogens is 170 g/mol. The average molecular weight is 203 g/mol. The normalized spacial score (nSPS) is 11.8. The molecule has 0 aliphatic rings. The van der Waals surface area contributed by atoms with E-state index in [2.05, 4.69) is 27.7 Å². The summed E-state index contributed by atoms with van der Waals surface area (Å²) in [6.45, 7) is 17.8. The minimum absolute atomic E-state index is 0.343. The highest BCUT2D eigenvalue weighted by molar-refractivity contribution is 4.71. The summed E-state index contributed by atoms with van der Waals surface area (Å²) in [6.07, 6.45) is 2.52. The van der Waals surface area contributed by atoms with Crippen molar-refractivity contribution in [3.63, 3.8) is 0 Å². The van der Waals surface area contributed by atoms with Gasteiger partial charge in [0.05, 0.1) is 0 Å². The SMILES string of the molecule is CC.CC.CCC(C)CC(C)(C)CN.